The van der Waals surface area contributed by atoms with Crippen molar-refractivity contribution in [2.24, 2.45) is 0 Å². The second-order valence-corrected chi connectivity index (χ2v) is 9.49. The summed E-state index contributed by atoms with van der Waals surface area (Å²) in [6.07, 6.45) is 5.94. The van der Waals surface area contributed by atoms with Gasteiger partial charge in [0.25, 0.3) is 0 Å². The van der Waals surface area contributed by atoms with E-state index in [2.05, 4.69) is 5.32 Å². The highest BCUT2D eigenvalue weighted by Gasteiger charge is 2.25. The van der Waals surface area contributed by atoms with Gasteiger partial charge in [-0.15, -0.1) is 0 Å². The topological polar surface area (TPSA) is 75.7 Å². The van der Waals surface area contributed by atoms with Gasteiger partial charge in [-0.2, -0.15) is 4.31 Å². The van der Waals surface area contributed by atoms with Gasteiger partial charge in [0.2, 0.25) is 15.9 Å². The van der Waals surface area contributed by atoms with Gasteiger partial charge in [0, 0.05) is 24.9 Å². The zero-order valence-corrected chi connectivity index (χ0v) is 18.2. The first-order valence-corrected chi connectivity index (χ1v) is 11.6. The minimum Gasteiger partial charge on any atom is -0.491 e. The monoisotopic (exact) mass is 428 g/mol. The zero-order chi connectivity index (χ0) is 21.6. The fraction of sp³-hybridized carbons (Fsp3) is 0.348. The molecular formula is C23H28N2O4S. The van der Waals surface area contributed by atoms with E-state index in [0.717, 1.165) is 25.0 Å². The van der Waals surface area contributed by atoms with Crippen molar-refractivity contribution in [1.29, 1.82) is 0 Å². The second-order valence-electron chi connectivity index (χ2n) is 7.55. The van der Waals surface area contributed by atoms with Crippen LogP contribution in [0.15, 0.2) is 59.5 Å². The molecule has 3 rings (SSSR count). The van der Waals surface area contributed by atoms with Crippen molar-refractivity contribution < 1.29 is 17.9 Å². The van der Waals surface area contributed by atoms with Crippen LogP contribution in [-0.2, 0) is 14.8 Å². The zero-order valence-electron chi connectivity index (χ0n) is 17.4. The standard InChI is InChI=1S/C23H28N2O4S/c1-18(2)29-21-12-10-20(11-13-21)24-23(26)14-9-19-7-6-8-22(17-19)30(27,28)25-15-4-3-5-16-25/h6-14,17-18H,3-5,15-16H2,1-2H3,(H,24,26)/b14-9+. The maximum absolute atomic E-state index is 12.8. The van der Waals surface area contributed by atoms with E-state index in [9.17, 15) is 13.2 Å². The molecule has 1 heterocycles. The van der Waals surface area contributed by atoms with Crippen LogP contribution in [0.5, 0.6) is 5.75 Å². The number of piperidine rings is 1. The molecule has 0 aliphatic carbocycles. The molecule has 0 saturated carbocycles. The molecule has 1 fully saturated rings. The molecule has 0 bridgehead atoms. The van der Waals surface area contributed by atoms with Crippen LogP contribution >= 0.6 is 0 Å². The highest BCUT2D eigenvalue weighted by atomic mass is 32.2. The lowest BCUT2D eigenvalue weighted by atomic mass is 10.2. The Labute approximate surface area is 178 Å². The number of anilines is 1. The van der Waals surface area contributed by atoms with Crippen LogP contribution in [0.4, 0.5) is 5.69 Å². The Bertz CT molecular complexity index is 992. The summed E-state index contributed by atoms with van der Waals surface area (Å²) in [5, 5.41) is 2.78. The van der Waals surface area contributed by atoms with Gasteiger partial charge in [0.05, 0.1) is 11.0 Å². The van der Waals surface area contributed by atoms with E-state index in [1.165, 1.54) is 6.08 Å². The maximum atomic E-state index is 12.8. The van der Waals surface area contributed by atoms with Crippen molar-refractivity contribution in [2.45, 2.75) is 44.1 Å². The van der Waals surface area contributed by atoms with Gasteiger partial charge in [-0.25, -0.2) is 8.42 Å². The molecule has 0 radical (unpaired) electrons. The molecule has 7 heteroatoms. The minimum atomic E-state index is -3.50. The summed E-state index contributed by atoms with van der Waals surface area (Å²) >= 11 is 0. The van der Waals surface area contributed by atoms with E-state index >= 15 is 0 Å². The lowest BCUT2D eigenvalue weighted by Crippen LogP contribution is -2.35. The third-order valence-electron chi connectivity index (χ3n) is 4.73. The van der Waals surface area contributed by atoms with Crippen LogP contribution in [0, 0.1) is 0 Å². The molecule has 1 aliphatic heterocycles. The van der Waals surface area contributed by atoms with Crippen LogP contribution in [0.3, 0.4) is 0 Å². The van der Waals surface area contributed by atoms with Crippen LogP contribution in [0.1, 0.15) is 38.7 Å². The Morgan fingerprint density at radius 2 is 1.77 bits per heavy atom. The molecule has 1 N–H and O–H groups in total. The SMILES string of the molecule is CC(C)Oc1ccc(NC(=O)/C=C/c2cccc(S(=O)(=O)N3CCCCC3)c2)cc1. The van der Waals surface area contributed by atoms with Crippen molar-refractivity contribution >= 4 is 27.7 Å². The third-order valence-corrected chi connectivity index (χ3v) is 6.63. The number of sulfonamides is 1. The summed E-state index contributed by atoms with van der Waals surface area (Å²) in [5.74, 6) is 0.446. The number of nitrogens with zero attached hydrogens (tertiary/aromatic N) is 1. The number of hydrogen-bond donors (Lipinski definition) is 1. The van der Waals surface area contributed by atoms with Crippen LogP contribution < -0.4 is 10.1 Å². The van der Waals surface area contributed by atoms with Gasteiger partial charge in [-0.1, -0.05) is 18.6 Å². The highest BCUT2D eigenvalue weighted by Crippen LogP contribution is 2.22. The summed E-state index contributed by atoms with van der Waals surface area (Å²) in [6, 6.07) is 13.8. The molecule has 6 nitrogen and oxygen atoms in total. The first kappa shape index (κ1) is 22.1. The van der Waals surface area contributed by atoms with Gasteiger partial charge in [0.15, 0.2) is 0 Å². The van der Waals surface area contributed by atoms with Crippen molar-refractivity contribution in [2.75, 3.05) is 18.4 Å². The summed E-state index contributed by atoms with van der Waals surface area (Å²) in [4.78, 5) is 12.5. The molecule has 2 aromatic rings. The Kier molecular flexibility index (Phi) is 7.29. The normalized spacial score (nSPS) is 15.4. The molecule has 1 aliphatic rings. The quantitative estimate of drug-likeness (QED) is 0.667. The Balaban J connectivity index is 1.64. The van der Waals surface area contributed by atoms with Gasteiger partial charge in [0.1, 0.15) is 5.75 Å². The number of ether oxygens (including phenoxy) is 1. The largest absolute Gasteiger partial charge is 0.491 e. The van der Waals surface area contributed by atoms with Crippen LogP contribution in [-0.4, -0.2) is 37.8 Å². The second kappa shape index (κ2) is 9.91. The predicted octanol–water partition coefficient (Wildman–Crippen LogP) is 4.30. The number of carbonyl (C=O) groups is 1. The molecular weight excluding hydrogens is 400 g/mol. The third kappa shape index (κ3) is 5.93. The van der Waals surface area contributed by atoms with E-state index in [1.54, 1.807) is 58.9 Å². The molecule has 2 aromatic carbocycles. The van der Waals surface area contributed by atoms with Crippen LogP contribution in [0.2, 0.25) is 0 Å². The first-order valence-electron chi connectivity index (χ1n) is 10.2. The van der Waals surface area contributed by atoms with Gasteiger partial charge >= 0.3 is 0 Å². The van der Waals surface area contributed by atoms with E-state index in [1.807, 2.05) is 13.8 Å². The van der Waals surface area contributed by atoms with Gasteiger partial charge in [-0.3, -0.25) is 4.79 Å². The summed E-state index contributed by atoms with van der Waals surface area (Å²) in [5.41, 5.74) is 1.31. The van der Waals surface area contributed by atoms with Crippen molar-refractivity contribution in [3.63, 3.8) is 0 Å². The number of hydrogen-bond acceptors (Lipinski definition) is 4. The van der Waals surface area contributed by atoms with Gasteiger partial charge in [-0.05, 0) is 74.7 Å². The van der Waals surface area contributed by atoms with Crippen LogP contribution in [0.25, 0.3) is 6.08 Å². The molecule has 160 valence electrons. The average Bonchev–Trinajstić information content (AvgIpc) is 2.74. The number of carbonyl (C=O) groups excluding carboxylic acids is 1. The molecule has 1 amide bonds. The molecule has 30 heavy (non-hydrogen) atoms. The molecule has 0 aromatic heterocycles. The van der Waals surface area contributed by atoms with Crippen molar-refractivity contribution in [3.05, 3.63) is 60.2 Å². The van der Waals surface area contributed by atoms with Crippen molar-refractivity contribution in [1.82, 2.24) is 4.31 Å². The van der Waals surface area contributed by atoms with Crippen molar-refractivity contribution in [3.8, 4) is 5.75 Å². The molecule has 0 spiro atoms. The summed E-state index contributed by atoms with van der Waals surface area (Å²) < 4.78 is 32.8. The minimum absolute atomic E-state index is 0.0860. The smallest absolute Gasteiger partial charge is 0.248 e. The van der Waals surface area contributed by atoms with E-state index in [0.29, 0.717) is 24.3 Å². The number of nitrogens with one attached hydrogen (secondary N) is 1. The number of amides is 1. The van der Waals surface area contributed by atoms with E-state index in [-0.39, 0.29) is 16.9 Å². The number of benzene rings is 2. The fourth-order valence-electron chi connectivity index (χ4n) is 3.28. The molecule has 0 atom stereocenters. The Morgan fingerprint density at radius 1 is 1.07 bits per heavy atom. The van der Waals surface area contributed by atoms with E-state index in [4.69, 9.17) is 4.74 Å². The fourth-order valence-corrected chi connectivity index (χ4v) is 4.85. The average molecular weight is 429 g/mol. The first-order chi connectivity index (χ1) is 14.3. The number of rotatable bonds is 7. The summed E-state index contributed by atoms with van der Waals surface area (Å²) in [7, 11) is -3.50. The maximum Gasteiger partial charge on any atom is 0.248 e. The predicted molar refractivity (Wildman–Crippen MR) is 119 cm³/mol. The van der Waals surface area contributed by atoms with E-state index < -0.39 is 10.0 Å². The lowest BCUT2D eigenvalue weighted by molar-refractivity contribution is -0.111. The molecule has 1 saturated heterocycles. The summed E-state index contributed by atoms with van der Waals surface area (Å²) in [6.45, 7) is 5.03. The molecule has 0 unspecified atom stereocenters. The Hall–Kier alpha value is -2.64. The lowest BCUT2D eigenvalue weighted by Gasteiger charge is -2.25. The highest BCUT2D eigenvalue weighted by molar-refractivity contribution is 7.89. The van der Waals surface area contributed by atoms with Gasteiger partial charge < -0.3 is 10.1 Å². The Morgan fingerprint density at radius 3 is 2.43 bits per heavy atom.